The Morgan fingerprint density at radius 3 is 2.27 bits per heavy atom. The number of aryl methyl sites for hydroxylation is 1. The van der Waals surface area contributed by atoms with Crippen LogP contribution in [-0.2, 0) is 20.8 Å². The number of halogens is 1. The number of carbonyl (C=O) groups is 3. The fourth-order valence-corrected chi connectivity index (χ4v) is 6.50. The number of carbonyl (C=O) groups excluding carboxylic acids is 3. The number of rotatable bonds is 5. The first kappa shape index (κ1) is 20.7. The molecule has 3 fully saturated rings. The van der Waals surface area contributed by atoms with E-state index in [1.54, 1.807) is 12.1 Å². The van der Waals surface area contributed by atoms with Crippen molar-refractivity contribution < 1.29 is 14.4 Å². The number of nitrogens with one attached hydrogen (secondary N) is 1. The van der Waals surface area contributed by atoms with Crippen LogP contribution >= 0.6 is 11.6 Å². The van der Waals surface area contributed by atoms with Gasteiger partial charge in [0.1, 0.15) is 6.04 Å². The highest BCUT2D eigenvalue weighted by Crippen LogP contribution is 2.65. The Hall–Kier alpha value is -2.92. The molecule has 5 nitrogen and oxygen atoms in total. The first-order valence-corrected chi connectivity index (χ1v) is 12.0. The highest BCUT2D eigenvalue weighted by Gasteiger charge is 2.67. The molecule has 4 aliphatic carbocycles. The normalized spacial score (nSPS) is 31.9. The second-order valence-corrected chi connectivity index (χ2v) is 10.3. The molecular weight excluding hydrogens is 436 g/mol. The molecule has 7 atom stereocenters. The van der Waals surface area contributed by atoms with E-state index in [9.17, 15) is 14.4 Å². The van der Waals surface area contributed by atoms with Crippen LogP contribution in [0.15, 0.2) is 60.7 Å². The standard InChI is InChI=1S/C27H25ClN2O3/c1-14-7-8-16(12-21(14)28)29-25(31)22(11-15-5-3-2-4-6-15)30-26(32)23-17-9-10-18(20-13-19(17)20)24(23)27(30)33/h2-10,12,17-20,22-24H,11,13H2,1H3,(H,29,31)/t17-,18-,19-,20-,22-,23+,24+/m1/s1. The molecular formula is C27H25ClN2O3. The van der Waals surface area contributed by atoms with Crippen LogP contribution in [0.25, 0.3) is 0 Å². The van der Waals surface area contributed by atoms with Gasteiger partial charge in [0.25, 0.3) is 0 Å². The third-order valence-electron chi connectivity index (χ3n) is 8.02. The lowest BCUT2D eigenvalue weighted by atomic mass is 9.63. The molecule has 1 saturated heterocycles. The van der Waals surface area contributed by atoms with Crippen molar-refractivity contribution >= 4 is 35.0 Å². The number of imide groups is 1. The average molecular weight is 461 g/mol. The van der Waals surface area contributed by atoms with Crippen LogP contribution < -0.4 is 5.32 Å². The molecule has 0 radical (unpaired) electrons. The molecule has 7 rings (SSSR count). The molecule has 1 N–H and O–H groups in total. The third kappa shape index (κ3) is 3.24. The van der Waals surface area contributed by atoms with Crippen LogP contribution in [0, 0.1) is 42.4 Å². The highest BCUT2D eigenvalue weighted by molar-refractivity contribution is 6.31. The highest BCUT2D eigenvalue weighted by atomic mass is 35.5. The van der Waals surface area contributed by atoms with Gasteiger partial charge >= 0.3 is 0 Å². The molecule has 6 heteroatoms. The van der Waals surface area contributed by atoms with E-state index in [-0.39, 0.29) is 47.8 Å². The number of hydrogen-bond acceptors (Lipinski definition) is 3. The molecule has 0 spiro atoms. The second-order valence-electron chi connectivity index (χ2n) is 9.86. The van der Waals surface area contributed by atoms with Crippen LogP contribution in [0.2, 0.25) is 5.02 Å². The van der Waals surface area contributed by atoms with Gasteiger partial charge in [-0.15, -0.1) is 0 Å². The topological polar surface area (TPSA) is 66.5 Å². The lowest BCUT2D eigenvalue weighted by Crippen LogP contribution is -2.49. The smallest absolute Gasteiger partial charge is 0.248 e. The molecule has 0 unspecified atom stereocenters. The quantitative estimate of drug-likeness (QED) is 0.535. The number of nitrogens with zero attached hydrogens (tertiary/aromatic N) is 1. The summed E-state index contributed by atoms with van der Waals surface area (Å²) in [4.78, 5) is 42.1. The number of anilines is 1. The van der Waals surface area contributed by atoms with Gasteiger partial charge in [-0.1, -0.05) is 60.2 Å². The summed E-state index contributed by atoms with van der Waals surface area (Å²) in [7, 11) is 0. The monoisotopic (exact) mass is 460 g/mol. The zero-order chi connectivity index (χ0) is 22.9. The van der Waals surface area contributed by atoms with Gasteiger partial charge in [0.2, 0.25) is 17.7 Å². The van der Waals surface area contributed by atoms with Crippen LogP contribution in [0.5, 0.6) is 0 Å². The molecule has 33 heavy (non-hydrogen) atoms. The van der Waals surface area contributed by atoms with E-state index in [1.807, 2.05) is 43.3 Å². The predicted octanol–water partition coefficient (Wildman–Crippen LogP) is 4.25. The predicted molar refractivity (Wildman–Crippen MR) is 125 cm³/mol. The van der Waals surface area contributed by atoms with Gasteiger partial charge in [0.15, 0.2) is 0 Å². The van der Waals surface area contributed by atoms with Crippen molar-refractivity contribution in [2.24, 2.45) is 35.5 Å². The minimum absolute atomic E-state index is 0.128. The number of amides is 3. The van der Waals surface area contributed by atoms with Crippen molar-refractivity contribution in [1.82, 2.24) is 4.90 Å². The van der Waals surface area contributed by atoms with Crippen molar-refractivity contribution in [3.63, 3.8) is 0 Å². The number of benzene rings is 2. The second kappa shape index (κ2) is 7.56. The van der Waals surface area contributed by atoms with Gasteiger partial charge in [-0.3, -0.25) is 19.3 Å². The van der Waals surface area contributed by atoms with E-state index >= 15 is 0 Å². The Kier molecular flexibility index (Phi) is 4.73. The van der Waals surface area contributed by atoms with Gasteiger partial charge in [-0.2, -0.15) is 0 Å². The molecule has 5 aliphatic rings. The maximum absolute atomic E-state index is 13.7. The van der Waals surface area contributed by atoms with E-state index < -0.39 is 6.04 Å². The van der Waals surface area contributed by atoms with Crippen molar-refractivity contribution in [2.75, 3.05) is 5.32 Å². The van der Waals surface area contributed by atoms with Crippen molar-refractivity contribution in [3.8, 4) is 0 Å². The van der Waals surface area contributed by atoms with E-state index in [4.69, 9.17) is 11.6 Å². The minimum atomic E-state index is -0.909. The van der Waals surface area contributed by atoms with Crippen molar-refractivity contribution in [3.05, 3.63) is 76.8 Å². The summed E-state index contributed by atoms with van der Waals surface area (Å²) in [5.74, 6) is -0.0917. The van der Waals surface area contributed by atoms with E-state index in [2.05, 4.69) is 17.5 Å². The van der Waals surface area contributed by atoms with Gasteiger partial charge in [-0.25, -0.2) is 0 Å². The van der Waals surface area contributed by atoms with Gasteiger partial charge in [0.05, 0.1) is 11.8 Å². The molecule has 2 aromatic carbocycles. The molecule has 1 aliphatic heterocycles. The lowest BCUT2D eigenvalue weighted by molar-refractivity contribution is -0.146. The van der Waals surface area contributed by atoms with Crippen LogP contribution in [-0.4, -0.2) is 28.7 Å². The zero-order valence-electron chi connectivity index (χ0n) is 18.3. The third-order valence-corrected chi connectivity index (χ3v) is 8.43. The molecule has 1 heterocycles. The van der Waals surface area contributed by atoms with Crippen LogP contribution in [0.1, 0.15) is 17.5 Å². The molecule has 168 valence electrons. The summed E-state index contributed by atoms with van der Waals surface area (Å²) in [6, 6.07) is 13.9. The van der Waals surface area contributed by atoms with Crippen LogP contribution in [0.3, 0.4) is 0 Å². The minimum Gasteiger partial charge on any atom is -0.324 e. The molecule has 2 bridgehead atoms. The van der Waals surface area contributed by atoms with Crippen molar-refractivity contribution in [1.29, 1.82) is 0 Å². The summed E-state index contributed by atoms with van der Waals surface area (Å²) < 4.78 is 0. The van der Waals surface area contributed by atoms with E-state index in [0.29, 0.717) is 22.5 Å². The number of likely N-dealkylation sites (tertiary alicyclic amines) is 1. The maximum Gasteiger partial charge on any atom is 0.248 e. The van der Waals surface area contributed by atoms with E-state index in [0.717, 1.165) is 17.5 Å². The summed E-state index contributed by atoms with van der Waals surface area (Å²) in [6.07, 6.45) is 5.68. The summed E-state index contributed by atoms with van der Waals surface area (Å²) >= 11 is 6.24. The Morgan fingerprint density at radius 2 is 1.67 bits per heavy atom. The first-order valence-electron chi connectivity index (χ1n) is 11.6. The molecule has 2 saturated carbocycles. The molecule has 2 aromatic rings. The maximum atomic E-state index is 13.7. The largest absolute Gasteiger partial charge is 0.324 e. The Labute approximate surface area is 197 Å². The summed E-state index contributed by atoms with van der Waals surface area (Å²) in [5, 5.41) is 3.45. The van der Waals surface area contributed by atoms with Gasteiger partial charge < -0.3 is 5.32 Å². The molecule has 0 aromatic heterocycles. The molecule has 3 amide bonds. The summed E-state index contributed by atoms with van der Waals surface area (Å²) in [6.45, 7) is 1.89. The summed E-state index contributed by atoms with van der Waals surface area (Å²) in [5.41, 5.74) is 2.36. The van der Waals surface area contributed by atoms with E-state index in [1.165, 1.54) is 4.90 Å². The number of allylic oxidation sites excluding steroid dienone is 2. The van der Waals surface area contributed by atoms with Crippen molar-refractivity contribution in [2.45, 2.75) is 25.8 Å². The van der Waals surface area contributed by atoms with Crippen LogP contribution in [0.4, 0.5) is 5.69 Å². The number of hydrogen-bond donors (Lipinski definition) is 1. The first-order chi connectivity index (χ1) is 15.9. The van der Waals surface area contributed by atoms with Gasteiger partial charge in [0, 0.05) is 17.1 Å². The van der Waals surface area contributed by atoms with Gasteiger partial charge in [-0.05, 0) is 60.3 Å². The fourth-order valence-electron chi connectivity index (χ4n) is 6.32. The average Bonchev–Trinajstić information content (AvgIpc) is 3.59. The SMILES string of the molecule is Cc1ccc(NC(=O)[C@@H](Cc2ccccc2)N2C(=O)[C@H]3[C@@H]4C=C[C@H]([C@H]5C[C@H]45)[C@@H]3C2=O)cc1Cl. The Balaban J connectivity index is 1.33. The lowest BCUT2D eigenvalue weighted by Gasteiger charge is -2.37. The zero-order valence-corrected chi connectivity index (χ0v) is 19.0. The Morgan fingerprint density at radius 1 is 1.03 bits per heavy atom. The fraction of sp³-hybridized carbons (Fsp3) is 0.370. The Bertz CT molecular complexity index is 1160.